The maximum Gasteiger partial charge on any atom is 0.139 e. The molecule has 0 radical (unpaired) electrons. The van der Waals surface area contributed by atoms with Crippen molar-refractivity contribution in [2.24, 2.45) is 0 Å². The van der Waals surface area contributed by atoms with Crippen LogP contribution >= 0.6 is 11.6 Å². The Morgan fingerprint density at radius 1 is 1.73 bits per heavy atom. The lowest BCUT2D eigenvalue weighted by molar-refractivity contribution is 0.175. The number of imidazole rings is 1. The van der Waals surface area contributed by atoms with Gasteiger partial charge in [0, 0.05) is 6.54 Å². The van der Waals surface area contributed by atoms with E-state index in [1.807, 2.05) is 11.5 Å². The fourth-order valence-electron chi connectivity index (χ4n) is 1.42. The summed E-state index contributed by atoms with van der Waals surface area (Å²) in [6.07, 6.45) is 0.323. The Hall–Kier alpha value is -0.540. The molecule has 3 nitrogen and oxygen atoms in total. The first-order valence-electron chi connectivity index (χ1n) is 3.60. The van der Waals surface area contributed by atoms with E-state index in [0.717, 1.165) is 18.7 Å². The molecule has 0 bridgehead atoms. The van der Waals surface area contributed by atoms with Crippen molar-refractivity contribution in [2.75, 3.05) is 0 Å². The first-order valence-corrected chi connectivity index (χ1v) is 3.98. The molecule has 0 spiro atoms. The molecule has 1 N–H and O–H groups in total. The molecule has 1 aliphatic rings. The van der Waals surface area contributed by atoms with E-state index in [-0.39, 0.29) is 0 Å². The molecule has 2 heterocycles. The van der Waals surface area contributed by atoms with Gasteiger partial charge in [-0.05, 0) is 13.3 Å². The Balaban J connectivity index is 2.57. The summed E-state index contributed by atoms with van der Waals surface area (Å²) in [5.74, 6) is 0.715. The first-order chi connectivity index (χ1) is 5.20. The highest BCUT2D eigenvalue weighted by molar-refractivity contribution is 6.30. The molecule has 2 rings (SSSR count). The molecule has 0 saturated heterocycles. The van der Waals surface area contributed by atoms with E-state index in [1.165, 1.54) is 0 Å². The van der Waals surface area contributed by atoms with Crippen LogP contribution in [0.1, 0.15) is 24.0 Å². The number of rotatable bonds is 0. The predicted molar refractivity (Wildman–Crippen MR) is 41.6 cm³/mol. The van der Waals surface area contributed by atoms with Crippen LogP contribution in [0.4, 0.5) is 0 Å². The fraction of sp³-hybridized carbons (Fsp3) is 0.571. The highest BCUT2D eigenvalue weighted by Gasteiger charge is 2.25. The number of aryl methyl sites for hydroxylation is 1. The van der Waals surface area contributed by atoms with Crippen LogP contribution < -0.4 is 0 Å². The van der Waals surface area contributed by atoms with Crippen LogP contribution in [0.5, 0.6) is 0 Å². The van der Waals surface area contributed by atoms with Crippen molar-refractivity contribution in [3.05, 3.63) is 16.7 Å². The lowest BCUT2D eigenvalue weighted by atomic mass is 10.3. The normalized spacial score (nSPS) is 22.3. The molecular weight excluding hydrogens is 164 g/mol. The molecule has 1 unspecified atom stereocenters. The molecule has 60 valence electrons. The maximum absolute atomic E-state index is 9.38. The summed E-state index contributed by atoms with van der Waals surface area (Å²) in [5.41, 5.74) is 0.806. The third-order valence-corrected chi connectivity index (χ3v) is 2.50. The van der Waals surface area contributed by atoms with Crippen LogP contribution in [-0.4, -0.2) is 14.7 Å². The Morgan fingerprint density at radius 2 is 2.45 bits per heavy atom. The SMILES string of the molecule is Cc1nc2n(c1Cl)CCC2O. The van der Waals surface area contributed by atoms with Crippen LogP contribution in [-0.2, 0) is 6.54 Å². The summed E-state index contributed by atoms with van der Waals surface area (Å²) < 4.78 is 1.86. The molecule has 0 fully saturated rings. The van der Waals surface area contributed by atoms with Gasteiger partial charge in [-0.15, -0.1) is 0 Å². The second kappa shape index (κ2) is 2.22. The molecule has 4 heteroatoms. The van der Waals surface area contributed by atoms with E-state index in [4.69, 9.17) is 11.6 Å². The van der Waals surface area contributed by atoms with Gasteiger partial charge in [0.15, 0.2) is 0 Å². The van der Waals surface area contributed by atoms with Gasteiger partial charge in [0.1, 0.15) is 17.1 Å². The van der Waals surface area contributed by atoms with E-state index in [2.05, 4.69) is 4.98 Å². The summed E-state index contributed by atoms with van der Waals surface area (Å²) in [4.78, 5) is 4.15. The number of fused-ring (bicyclic) bond motifs is 1. The Bertz CT molecular complexity index is 295. The average molecular weight is 173 g/mol. The minimum atomic E-state index is -0.416. The third kappa shape index (κ3) is 0.880. The Labute approximate surface area is 69.6 Å². The van der Waals surface area contributed by atoms with Crippen LogP contribution in [0, 0.1) is 6.92 Å². The second-order valence-electron chi connectivity index (χ2n) is 2.80. The zero-order valence-corrected chi connectivity index (χ0v) is 6.97. The average Bonchev–Trinajstić information content (AvgIpc) is 2.43. The monoisotopic (exact) mass is 172 g/mol. The van der Waals surface area contributed by atoms with Gasteiger partial charge in [-0.3, -0.25) is 0 Å². The highest BCUT2D eigenvalue weighted by atomic mass is 35.5. The van der Waals surface area contributed by atoms with Crippen LogP contribution in [0.2, 0.25) is 5.15 Å². The summed E-state index contributed by atoms with van der Waals surface area (Å²) in [6.45, 7) is 2.64. The molecule has 0 aromatic carbocycles. The zero-order chi connectivity index (χ0) is 8.01. The Kier molecular flexibility index (Phi) is 1.44. The van der Waals surface area contributed by atoms with E-state index in [1.54, 1.807) is 0 Å². The van der Waals surface area contributed by atoms with Gasteiger partial charge in [0.25, 0.3) is 0 Å². The maximum atomic E-state index is 9.38. The lowest BCUT2D eigenvalue weighted by Crippen LogP contribution is -1.93. The van der Waals surface area contributed by atoms with E-state index in [9.17, 15) is 5.11 Å². The van der Waals surface area contributed by atoms with E-state index < -0.39 is 6.10 Å². The van der Waals surface area contributed by atoms with Gasteiger partial charge >= 0.3 is 0 Å². The standard InChI is InChI=1S/C7H9ClN2O/c1-4-6(8)10-3-2-5(11)7(10)9-4/h5,11H,2-3H2,1H3. The van der Waals surface area contributed by atoms with Crippen molar-refractivity contribution in [1.29, 1.82) is 0 Å². The van der Waals surface area contributed by atoms with Gasteiger partial charge in [-0.1, -0.05) is 11.6 Å². The molecule has 1 atom stereocenters. The van der Waals surface area contributed by atoms with Gasteiger partial charge in [-0.2, -0.15) is 0 Å². The smallest absolute Gasteiger partial charge is 0.139 e. The number of aromatic nitrogens is 2. The van der Waals surface area contributed by atoms with E-state index in [0.29, 0.717) is 11.0 Å². The number of nitrogens with zero attached hydrogens (tertiary/aromatic N) is 2. The van der Waals surface area contributed by atoms with Crippen molar-refractivity contribution in [2.45, 2.75) is 26.0 Å². The molecule has 0 aliphatic carbocycles. The fourth-order valence-corrected chi connectivity index (χ4v) is 1.64. The minimum Gasteiger partial charge on any atom is -0.385 e. The molecular formula is C7H9ClN2O. The van der Waals surface area contributed by atoms with Crippen LogP contribution in [0.25, 0.3) is 0 Å². The van der Waals surface area contributed by atoms with E-state index >= 15 is 0 Å². The topological polar surface area (TPSA) is 38.0 Å². The summed E-state index contributed by atoms with van der Waals surface area (Å²) in [5, 5.41) is 10.0. The van der Waals surface area contributed by atoms with Crippen LogP contribution in [0.15, 0.2) is 0 Å². The van der Waals surface area contributed by atoms with Gasteiger partial charge < -0.3 is 9.67 Å². The first kappa shape index (κ1) is 7.13. The molecule has 11 heavy (non-hydrogen) atoms. The van der Waals surface area contributed by atoms with Crippen molar-refractivity contribution in [1.82, 2.24) is 9.55 Å². The summed E-state index contributed by atoms with van der Waals surface area (Å²) >= 11 is 5.91. The molecule has 1 aliphatic heterocycles. The van der Waals surface area contributed by atoms with Crippen molar-refractivity contribution >= 4 is 11.6 Å². The van der Waals surface area contributed by atoms with Crippen molar-refractivity contribution in [3.8, 4) is 0 Å². The molecule has 0 amide bonds. The van der Waals surface area contributed by atoms with Crippen molar-refractivity contribution < 1.29 is 5.11 Å². The van der Waals surface area contributed by atoms with Crippen LogP contribution in [0.3, 0.4) is 0 Å². The number of halogens is 1. The molecule has 1 aromatic rings. The summed E-state index contributed by atoms with van der Waals surface area (Å²) in [6, 6.07) is 0. The zero-order valence-electron chi connectivity index (χ0n) is 6.21. The predicted octanol–water partition coefficient (Wildman–Crippen LogP) is 1.28. The second-order valence-corrected chi connectivity index (χ2v) is 3.16. The highest BCUT2D eigenvalue weighted by Crippen LogP contribution is 2.29. The third-order valence-electron chi connectivity index (χ3n) is 2.02. The number of hydrogen-bond donors (Lipinski definition) is 1. The largest absolute Gasteiger partial charge is 0.385 e. The quantitative estimate of drug-likeness (QED) is 0.640. The van der Waals surface area contributed by atoms with Gasteiger partial charge in [-0.25, -0.2) is 4.98 Å². The van der Waals surface area contributed by atoms with Crippen molar-refractivity contribution in [3.63, 3.8) is 0 Å². The lowest BCUT2D eigenvalue weighted by Gasteiger charge is -1.95. The summed E-state index contributed by atoms with van der Waals surface area (Å²) in [7, 11) is 0. The Morgan fingerprint density at radius 3 is 3.09 bits per heavy atom. The minimum absolute atomic E-state index is 0.416. The molecule has 1 aromatic heterocycles. The number of hydrogen-bond acceptors (Lipinski definition) is 2. The van der Waals surface area contributed by atoms with Gasteiger partial charge in [0.05, 0.1) is 5.69 Å². The number of aliphatic hydroxyl groups is 1. The molecule has 0 saturated carbocycles. The number of aliphatic hydroxyl groups excluding tert-OH is 1. The van der Waals surface area contributed by atoms with Gasteiger partial charge in [0.2, 0.25) is 0 Å².